The molecule has 0 aromatic heterocycles. The molecule has 1 aliphatic heterocycles. The second-order valence-electron chi connectivity index (χ2n) is 5.89. The normalized spacial score (nSPS) is 19.5. The molecule has 0 unspecified atom stereocenters. The molecule has 1 aromatic carbocycles. The van der Waals surface area contributed by atoms with Gasteiger partial charge in [0.1, 0.15) is 0 Å². The summed E-state index contributed by atoms with van der Waals surface area (Å²) in [5.74, 6) is 0.921. The minimum absolute atomic E-state index is 0.303. The van der Waals surface area contributed by atoms with E-state index in [2.05, 4.69) is 0 Å². The van der Waals surface area contributed by atoms with E-state index in [9.17, 15) is 4.79 Å². The zero-order valence-corrected chi connectivity index (χ0v) is 11.4. The summed E-state index contributed by atoms with van der Waals surface area (Å²) in [7, 11) is 0. The Hall–Kier alpha value is -1.51. The molecule has 0 radical (unpaired) electrons. The lowest BCUT2D eigenvalue weighted by Crippen LogP contribution is -2.36. The molecular weight excluding hydrogens is 236 g/mol. The van der Waals surface area contributed by atoms with E-state index in [0.717, 1.165) is 37.2 Å². The van der Waals surface area contributed by atoms with Gasteiger partial charge < -0.3 is 10.6 Å². The number of rotatable bonds is 2. The lowest BCUT2D eigenvalue weighted by Gasteiger charge is -2.30. The molecule has 1 heterocycles. The van der Waals surface area contributed by atoms with E-state index in [-0.39, 0.29) is 0 Å². The van der Waals surface area contributed by atoms with Crippen LogP contribution in [0.15, 0.2) is 18.2 Å². The van der Waals surface area contributed by atoms with Crippen molar-refractivity contribution in [2.24, 2.45) is 5.92 Å². The number of hydrogen-bond acceptors (Lipinski definition) is 2. The number of aryl methyl sites for hydroxylation is 1. The van der Waals surface area contributed by atoms with Gasteiger partial charge in [-0.05, 0) is 55.4 Å². The Morgan fingerprint density at radius 2 is 2.05 bits per heavy atom. The summed E-state index contributed by atoms with van der Waals surface area (Å²) in [5.41, 5.74) is 8.94. The van der Waals surface area contributed by atoms with Gasteiger partial charge in [-0.2, -0.15) is 0 Å². The van der Waals surface area contributed by atoms with Crippen LogP contribution in [0.3, 0.4) is 0 Å². The molecule has 102 valence electrons. The quantitative estimate of drug-likeness (QED) is 0.828. The number of carbonyl (C=O) groups is 1. The predicted octanol–water partition coefficient (Wildman–Crippen LogP) is 3.13. The molecule has 0 bridgehead atoms. The Kier molecular flexibility index (Phi) is 3.45. The number of nitrogen functional groups attached to an aromatic ring is 1. The van der Waals surface area contributed by atoms with Crippen molar-refractivity contribution >= 4 is 17.3 Å². The van der Waals surface area contributed by atoms with Crippen molar-refractivity contribution in [1.82, 2.24) is 0 Å². The fraction of sp³-hybridized carbons (Fsp3) is 0.562. The molecule has 3 rings (SSSR count). The SMILES string of the molecule is Nc1ccc2c(c1)CCCN2C(=O)CC1CCCC1. The van der Waals surface area contributed by atoms with Crippen molar-refractivity contribution in [2.75, 3.05) is 17.2 Å². The van der Waals surface area contributed by atoms with Gasteiger partial charge in [0.25, 0.3) is 0 Å². The zero-order valence-electron chi connectivity index (χ0n) is 11.4. The van der Waals surface area contributed by atoms with Crippen LogP contribution in [-0.2, 0) is 11.2 Å². The Morgan fingerprint density at radius 1 is 1.26 bits per heavy atom. The summed E-state index contributed by atoms with van der Waals surface area (Å²) in [5, 5.41) is 0. The number of anilines is 2. The molecule has 2 N–H and O–H groups in total. The number of fused-ring (bicyclic) bond motifs is 1. The number of benzene rings is 1. The van der Waals surface area contributed by atoms with Crippen molar-refractivity contribution in [3.63, 3.8) is 0 Å². The zero-order chi connectivity index (χ0) is 13.2. The maximum Gasteiger partial charge on any atom is 0.227 e. The number of hydrogen-bond donors (Lipinski definition) is 1. The van der Waals surface area contributed by atoms with Gasteiger partial charge in [-0.25, -0.2) is 0 Å². The third-order valence-corrected chi connectivity index (χ3v) is 4.46. The van der Waals surface area contributed by atoms with Crippen molar-refractivity contribution in [2.45, 2.75) is 44.9 Å². The van der Waals surface area contributed by atoms with Gasteiger partial charge in [-0.1, -0.05) is 12.8 Å². The van der Waals surface area contributed by atoms with Crippen LogP contribution in [0, 0.1) is 5.92 Å². The largest absolute Gasteiger partial charge is 0.399 e. The van der Waals surface area contributed by atoms with Gasteiger partial charge in [0.05, 0.1) is 0 Å². The molecule has 0 atom stereocenters. The van der Waals surface area contributed by atoms with Gasteiger partial charge >= 0.3 is 0 Å². The second kappa shape index (κ2) is 5.24. The number of nitrogens with two attached hydrogens (primary N) is 1. The van der Waals surface area contributed by atoms with Crippen LogP contribution in [0.1, 0.15) is 44.1 Å². The van der Waals surface area contributed by atoms with Gasteiger partial charge in [0.15, 0.2) is 0 Å². The Balaban J connectivity index is 1.76. The lowest BCUT2D eigenvalue weighted by atomic mass is 9.98. The molecule has 1 aliphatic carbocycles. The second-order valence-corrected chi connectivity index (χ2v) is 5.89. The van der Waals surface area contributed by atoms with Crippen LogP contribution in [0.5, 0.6) is 0 Å². The molecule has 1 saturated carbocycles. The first kappa shape index (κ1) is 12.5. The van der Waals surface area contributed by atoms with Crippen molar-refractivity contribution < 1.29 is 4.79 Å². The van der Waals surface area contributed by atoms with Crippen LogP contribution in [-0.4, -0.2) is 12.5 Å². The van der Waals surface area contributed by atoms with Crippen LogP contribution >= 0.6 is 0 Å². The maximum atomic E-state index is 12.5. The minimum Gasteiger partial charge on any atom is -0.399 e. The highest BCUT2D eigenvalue weighted by Gasteiger charge is 2.26. The van der Waals surface area contributed by atoms with Crippen LogP contribution in [0.2, 0.25) is 0 Å². The standard InChI is InChI=1S/C16H22N2O/c17-14-7-8-15-13(11-14)6-3-9-18(15)16(19)10-12-4-1-2-5-12/h7-8,11-12H,1-6,9-10,17H2. The average Bonchev–Trinajstić information content (AvgIpc) is 2.90. The summed E-state index contributed by atoms with van der Waals surface area (Å²) < 4.78 is 0. The summed E-state index contributed by atoms with van der Waals surface area (Å²) in [4.78, 5) is 14.5. The topological polar surface area (TPSA) is 46.3 Å². The molecule has 0 saturated heterocycles. The molecule has 3 nitrogen and oxygen atoms in total. The molecule has 1 amide bonds. The van der Waals surface area contributed by atoms with Crippen molar-refractivity contribution in [1.29, 1.82) is 0 Å². The van der Waals surface area contributed by atoms with Crippen molar-refractivity contribution in [3.05, 3.63) is 23.8 Å². The highest BCUT2D eigenvalue weighted by Crippen LogP contribution is 2.32. The smallest absolute Gasteiger partial charge is 0.227 e. The fourth-order valence-electron chi connectivity index (χ4n) is 3.45. The van der Waals surface area contributed by atoms with E-state index in [0.29, 0.717) is 11.8 Å². The number of carbonyl (C=O) groups excluding carboxylic acids is 1. The Labute approximate surface area is 114 Å². The summed E-state index contributed by atoms with van der Waals surface area (Å²) in [6.45, 7) is 0.864. The van der Waals surface area contributed by atoms with Crippen molar-refractivity contribution in [3.8, 4) is 0 Å². The highest BCUT2D eigenvalue weighted by atomic mass is 16.2. The lowest BCUT2D eigenvalue weighted by molar-refractivity contribution is -0.119. The van der Waals surface area contributed by atoms with Gasteiger partial charge in [-0.3, -0.25) is 4.79 Å². The number of amides is 1. The van der Waals surface area contributed by atoms with E-state index >= 15 is 0 Å². The van der Waals surface area contributed by atoms with Gasteiger partial charge in [0.2, 0.25) is 5.91 Å². The third kappa shape index (κ3) is 2.60. The summed E-state index contributed by atoms with van der Waals surface area (Å²) >= 11 is 0. The molecule has 3 heteroatoms. The molecule has 2 aliphatic rings. The molecule has 1 fully saturated rings. The monoisotopic (exact) mass is 258 g/mol. The van der Waals surface area contributed by atoms with Crippen LogP contribution in [0.25, 0.3) is 0 Å². The highest BCUT2D eigenvalue weighted by molar-refractivity contribution is 5.95. The molecule has 19 heavy (non-hydrogen) atoms. The molecule has 0 spiro atoms. The summed E-state index contributed by atoms with van der Waals surface area (Å²) in [6.07, 6.45) is 7.86. The predicted molar refractivity (Wildman–Crippen MR) is 78.1 cm³/mol. The summed E-state index contributed by atoms with van der Waals surface area (Å²) in [6, 6.07) is 5.93. The maximum absolute atomic E-state index is 12.5. The first-order valence-electron chi connectivity index (χ1n) is 7.43. The van der Waals surface area contributed by atoms with E-state index in [1.807, 2.05) is 23.1 Å². The number of nitrogens with zero attached hydrogens (tertiary/aromatic N) is 1. The van der Waals surface area contributed by atoms with E-state index in [4.69, 9.17) is 5.73 Å². The molecule has 1 aromatic rings. The van der Waals surface area contributed by atoms with Gasteiger partial charge in [0, 0.05) is 24.3 Å². The van der Waals surface area contributed by atoms with E-state index < -0.39 is 0 Å². The van der Waals surface area contributed by atoms with Crippen LogP contribution < -0.4 is 10.6 Å². The van der Waals surface area contributed by atoms with Gasteiger partial charge in [-0.15, -0.1) is 0 Å². The molecular formula is C16H22N2O. The average molecular weight is 258 g/mol. The Morgan fingerprint density at radius 3 is 2.84 bits per heavy atom. The fourth-order valence-corrected chi connectivity index (χ4v) is 3.45. The first-order chi connectivity index (χ1) is 9.24. The van der Waals surface area contributed by atoms with E-state index in [1.54, 1.807) is 0 Å². The Bertz CT molecular complexity index is 478. The first-order valence-corrected chi connectivity index (χ1v) is 7.43. The van der Waals surface area contributed by atoms with Crippen LogP contribution in [0.4, 0.5) is 11.4 Å². The third-order valence-electron chi connectivity index (χ3n) is 4.46. The van der Waals surface area contributed by atoms with E-state index in [1.165, 1.54) is 31.2 Å². The minimum atomic E-state index is 0.303.